The summed E-state index contributed by atoms with van der Waals surface area (Å²) in [6.45, 7) is 5.67. The zero-order chi connectivity index (χ0) is 10.6. The standard InChI is InChI=1S/C10H18N2O2/c1-3-11-10(14)8(2)12-6-4-5-9(13)7-12/h8H,3-7H2,1-2H3,(H,11,14). The summed E-state index contributed by atoms with van der Waals surface area (Å²) in [7, 11) is 0. The first-order valence-corrected chi connectivity index (χ1v) is 5.18. The van der Waals surface area contributed by atoms with Gasteiger partial charge in [0.1, 0.15) is 5.78 Å². The van der Waals surface area contributed by atoms with E-state index in [9.17, 15) is 9.59 Å². The van der Waals surface area contributed by atoms with Gasteiger partial charge < -0.3 is 5.32 Å². The maximum Gasteiger partial charge on any atom is 0.237 e. The summed E-state index contributed by atoms with van der Waals surface area (Å²) < 4.78 is 0. The van der Waals surface area contributed by atoms with E-state index in [-0.39, 0.29) is 17.7 Å². The maximum atomic E-state index is 11.5. The first-order chi connectivity index (χ1) is 6.65. The molecule has 0 aromatic rings. The highest BCUT2D eigenvalue weighted by atomic mass is 16.2. The average molecular weight is 198 g/mol. The van der Waals surface area contributed by atoms with Crippen LogP contribution in [0.5, 0.6) is 0 Å². The first-order valence-electron chi connectivity index (χ1n) is 5.18. The number of likely N-dealkylation sites (tertiary alicyclic amines) is 1. The van der Waals surface area contributed by atoms with E-state index in [2.05, 4.69) is 5.32 Å². The van der Waals surface area contributed by atoms with Crippen LogP contribution in [-0.2, 0) is 9.59 Å². The third kappa shape index (κ3) is 2.80. The van der Waals surface area contributed by atoms with E-state index in [0.717, 1.165) is 13.0 Å². The lowest BCUT2D eigenvalue weighted by atomic mass is 10.1. The van der Waals surface area contributed by atoms with Crippen LogP contribution in [0.15, 0.2) is 0 Å². The molecule has 0 aromatic heterocycles. The van der Waals surface area contributed by atoms with Gasteiger partial charge in [0.25, 0.3) is 0 Å². The molecule has 0 aliphatic carbocycles. The fraction of sp³-hybridized carbons (Fsp3) is 0.800. The smallest absolute Gasteiger partial charge is 0.237 e. The Morgan fingerprint density at radius 2 is 2.36 bits per heavy atom. The molecule has 1 atom stereocenters. The van der Waals surface area contributed by atoms with Crippen LogP contribution in [0.25, 0.3) is 0 Å². The minimum atomic E-state index is -0.181. The van der Waals surface area contributed by atoms with Crippen LogP contribution in [0, 0.1) is 0 Å². The van der Waals surface area contributed by atoms with Crippen molar-refractivity contribution in [2.45, 2.75) is 32.7 Å². The third-order valence-electron chi connectivity index (χ3n) is 2.56. The number of piperidine rings is 1. The van der Waals surface area contributed by atoms with Gasteiger partial charge >= 0.3 is 0 Å². The molecule has 4 heteroatoms. The number of likely N-dealkylation sites (N-methyl/N-ethyl adjacent to an activating group) is 1. The molecular formula is C10H18N2O2. The topological polar surface area (TPSA) is 49.4 Å². The molecule has 0 radical (unpaired) electrons. The van der Waals surface area contributed by atoms with Crippen molar-refractivity contribution in [3.8, 4) is 0 Å². The van der Waals surface area contributed by atoms with Gasteiger partial charge in [-0.3, -0.25) is 14.5 Å². The summed E-state index contributed by atoms with van der Waals surface area (Å²) in [4.78, 5) is 24.6. The maximum absolute atomic E-state index is 11.5. The van der Waals surface area contributed by atoms with Crippen molar-refractivity contribution in [1.29, 1.82) is 0 Å². The second-order valence-electron chi connectivity index (χ2n) is 3.68. The fourth-order valence-electron chi connectivity index (χ4n) is 1.68. The molecule has 1 fully saturated rings. The molecule has 1 saturated heterocycles. The minimum absolute atomic E-state index is 0.0159. The minimum Gasteiger partial charge on any atom is -0.355 e. The van der Waals surface area contributed by atoms with E-state index in [0.29, 0.717) is 19.5 Å². The Bertz CT molecular complexity index is 228. The number of carbonyl (C=O) groups excluding carboxylic acids is 2. The molecule has 1 unspecified atom stereocenters. The molecule has 14 heavy (non-hydrogen) atoms. The first kappa shape index (κ1) is 11.2. The van der Waals surface area contributed by atoms with Gasteiger partial charge in [-0.2, -0.15) is 0 Å². The van der Waals surface area contributed by atoms with E-state index >= 15 is 0 Å². The van der Waals surface area contributed by atoms with Crippen LogP contribution >= 0.6 is 0 Å². The van der Waals surface area contributed by atoms with Crippen LogP contribution in [0.2, 0.25) is 0 Å². The van der Waals surface area contributed by atoms with Crippen LogP contribution in [0.1, 0.15) is 26.7 Å². The van der Waals surface area contributed by atoms with E-state index < -0.39 is 0 Å². The molecule has 1 aliphatic rings. The van der Waals surface area contributed by atoms with Crippen molar-refractivity contribution >= 4 is 11.7 Å². The van der Waals surface area contributed by atoms with E-state index in [1.165, 1.54) is 0 Å². The van der Waals surface area contributed by atoms with Crippen molar-refractivity contribution in [3.05, 3.63) is 0 Å². The highest BCUT2D eigenvalue weighted by molar-refractivity contribution is 5.84. The van der Waals surface area contributed by atoms with Gasteiger partial charge in [0, 0.05) is 13.0 Å². The summed E-state index contributed by atoms with van der Waals surface area (Å²) in [5.74, 6) is 0.259. The predicted octanol–water partition coefficient (Wildman–Crippen LogP) is 0.176. The normalized spacial score (nSPS) is 20.6. The molecule has 80 valence electrons. The van der Waals surface area contributed by atoms with Gasteiger partial charge in [-0.15, -0.1) is 0 Å². The van der Waals surface area contributed by atoms with Gasteiger partial charge in [-0.25, -0.2) is 0 Å². The highest BCUT2D eigenvalue weighted by Crippen LogP contribution is 2.09. The van der Waals surface area contributed by atoms with Crippen molar-refractivity contribution in [3.63, 3.8) is 0 Å². The number of nitrogens with zero attached hydrogens (tertiary/aromatic N) is 1. The molecule has 0 bridgehead atoms. The second-order valence-corrected chi connectivity index (χ2v) is 3.68. The summed E-state index contributed by atoms with van der Waals surface area (Å²) >= 11 is 0. The third-order valence-corrected chi connectivity index (χ3v) is 2.56. The van der Waals surface area contributed by atoms with Crippen LogP contribution in [0.4, 0.5) is 0 Å². The number of rotatable bonds is 3. The lowest BCUT2D eigenvalue weighted by Gasteiger charge is -2.30. The predicted molar refractivity (Wildman–Crippen MR) is 54.0 cm³/mol. The van der Waals surface area contributed by atoms with Crippen LogP contribution < -0.4 is 5.32 Å². The summed E-state index contributed by atoms with van der Waals surface area (Å²) in [5, 5.41) is 2.77. The fourth-order valence-corrected chi connectivity index (χ4v) is 1.68. The molecule has 1 heterocycles. The SMILES string of the molecule is CCNC(=O)C(C)N1CCCC(=O)C1. The number of hydrogen-bond donors (Lipinski definition) is 1. The van der Waals surface area contributed by atoms with Crippen molar-refractivity contribution in [2.24, 2.45) is 0 Å². The Morgan fingerprint density at radius 1 is 1.64 bits per heavy atom. The monoisotopic (exact) mass is 198 g/mol. The summed E-state index contributed by atoms with van der Waals surface area (Å²) in [6.07, 6.45) is 1.54. The molecule has 1 amide bonds. The largest absolute Gasteiger partial charge is 0.355 e. The van der Waals surface area contributed by atoms with Gasteiger partial charge in [0.2, 0.25) is 5.91 Å². The molecule has 0 spiro atoms. The number of nitrogens with one attached hydrogen (secondary N) is 1. The van der Waals surface area contributed by atoms with E-state index in [1.807, 2.05) is 18.7 Å². The molecule has 4 nitrogen and oxygen atoms in total. The van der Waals surface area contributed by atoms with Crippen LogP contribution in [-0.4, -0.2) is 42.3 Å². The number of ketones is 1. The Labute approximate surface area is 84.7 Å². The quantitative estimate of drug-likeness (QED) is 0.703. The molecule has 0 aromatic carbocycles. The number of amides is 1. The van der Waals surface area contributed by atoms with Gasteiger partial charge in [-0.05, 0) is 26.8 Å². The zero-order valence-corrected chi connectivity index (χ0v) is 8.88. The summed E-state index contributed by atoms with van der Waals surface area (Å²) in [5.41, 5.74) is 0. The van der Waals surface area contributed by atoms with Gasteiger partial charge in [-0.1, -0.05) is 0 Å². The molecule has 1 N–H and O–H groups in total. The second kappa shape index (κ2) is 5.10. The Balaban J connectivity index is 2.46. The molecule has 1 aliphatic heterocycles. The van der Waals surface area contributed by atoms with Gasteiger partial charge in [0.05, 0.1) is 12.6 Å². The Hall–Kier alpha value is -0.900. The lowest BCUT2D eigenvalue weighted by molar-refractivity contribution is -0.129. The highest BCUT2D eigenvalue weighted by Gasteiger charge is 2.25. The average Bonchev–Trinajstić information content (AvgIpc) is 2.17. The number of hydrogen-bond acceptors (Lipinski definition) is 3. The molecule has 0 saturated carbocycles. The lowest BCUT2D eigenvalue weighted by Crippen LogP contribution is -2.49. The van der Waals surface area contributed by atoms with E-state index in [4.69, 9.17) is 0 Å². The molecule has 1 rings (SSSR count). The van der Waals surface area contributed by atoms with Crippen molar-refractivity contribution < 1.29 is 9.59 Å². The van der Waals surface area contributed by atoms with E-state index in [1.54, 1.807) is 0 Å². The summed E-state index contributed by atoms with van der Waals surface area (Å²) in [6, 6.07) is -0.181. The van der Waals surface area contributed by atoms with Crippen molar-refractivity contribution in [1.82, 2.24) is 10.2 Å². The number of carbonyl (C=O) groups is 2. The Morgan fingerprint density at radius 3 is 2.93 bits per heavy atom. The van der Waals surface area contributed by atoms with Crippen LogP contribution in [0.3, 0.4) is 0 Å². The number of Topliss-reactive ketones (excluding diaryl/α,β-unsaturated/α-hetero) is 1. The Kier molecular flexibility index (Phi) is 4.07. The molecular weight excluding hydrogens is 180 g/mol. The zero-order valence-electron chi connectivity index (χ0n) is 8.88. The van der Waals surface area contributed by atoms with Gasteiger partial charge in [0.15, 0.2) is 0 Å². The van der Waals surface area contributed by atoms with Crippen molar-refractivity contribution in [2.75, 3.05) is 19.6 Å².